The maximum Gasteiger partial charge on any atom is 0.262 e. The van der Waals surface area contributed by atoms with Gasteiger partial charge in [-0.15, -0.1) is 0 Å². The number of ether oxygens (including phenoxy) is 5. The molecule has 0 aromatic heterocycles. The van der Waals surface area contributed by atoms with Crippen LogP contribution in [0.1, 0.15) is 33.6 Å². The summed E-state index contributed by atoms with van der Waals surface area (Å²) in [7, 11) is 1.87. The van der Waals surface area contributed by atoms with Gasteiger partial charge in [-0.1, -0.05) is 0 Å². The Morgan fingerprint density at radius 1 is 0.833 bits per heavy atom. The van der Waals surface area contributed by atoms with Gasteiger partial charge in [0.1, 0.15) is 18.4 Å². The third-order valence-electron chi connectivity index (χ3n) is 5.52. The van der Waals surface area contributed by atoms with Crippen LogP contribution in [-0.4, -0.2) is 108 Å². The molecule has 0 radical (unpaired) electrons. The van der Waals surface area contributed by atoms with Crippen LogP contribution in [0.4, 0.5) is 0 Å². The van der Waals surface area contributed by atoms with Crippen molar-refractivity contribution in [3.8, 4) is 5.75 Å². The summed E-state index contributed by atoms with van der Waals surface area (Å²) in [4.78, 5) is 50.0. The first-order valence-corrected chi connectivity index (χ1v) is 12.0. The van der Waals surface area contributed by atoms with Gasteiger partial charge in [0, 0.05) is 13.0 Å². The largest absolute Gasteiger partial charge is 0.491 e. The molecule has 1 aromatic carbocycles. The molecule has 0 spiro atoms. The molecule has 2 aliphatic rings. The van der Waals surface area contributed by atoms with Crippen LogP contribution in [0.5, 0.6) is 5.75 Å². The molecule has 0 aliphatic carbocycles. The Labute approximate surface area is 209 Å². The number of hydrogen-bond donors (Lipinski definition) is 2. The third-order valence-corrected chi connectivity index (χ3v) is 5.52. The van der Waals surface area contributed by atoms with Crippen LogP contribution in [-0.2, 0) is 28.5 Å². The molecular formula is C24H33N3O9. The van der Waals surface area contributed by atoms with E-state index in [0.29, 0.717) is 58.6 Å². The first kappa shape index (κ1) is 27.7. The highest BCUT2D eigenvalue weighted by atomic mass is 16.6. The summed E-state index contributed by atoms with van der Waals surface area (Å²) in [6.07, 6.45) is 0.184. The van der Waals surface area contributed by atoms with Crippen LogP contribution >= 0.6 is 0 Å². The number of carbonyl (C=O) groups is 4. The monoisotopic (exact) mass is 507 g/mol. The van der Waals surface area contributed by atoms with Crippen molar-refractivity contribution in [3.63, 3.8) is 0 Å². The zero-order valence-corrected chi connectivity index (χ0v) is 20.4. The van der Waals surface area contributed by atoms with E-state index < -0.39 is 29.7 Å². The lowest BCUT2D eigenvalue weighted by atomic mass is 10.0. The number of benzene rings is 1. The van der Waals surface area contributed by atoms with Gasteiger partial charge in [-0.3, -0.25) is 29.4 Å². The Kier molecular flexibility index (Phi) is 11.2. The molecule has 1 aromatic rings. The highest BCUT2D eigenvalue weighted by Crippen LogP contribution is 2.30. The van der Waals surface area contributed by atoms with E-state index in [1.807, 2.05) is 7.05 Å². The summed E-state index contributed by atoms with van der Waals surface area (Å²) in [5.41, 5.74) is 0.374. The lowest BCUT2D eigenvalue weighted by Gasteiger charge is -2.27. The summed E-state index contributed by atoms with van der Waals surface area (Å²) < 4.78 is 27.3. The Morgan fingerprint density at radius 2 is 1.42 bits per heavy atom. The normalized spacial score (nSPS) is 17.5. The smallest absolute Gasteiger partial charge is 0.262 e. The van der Waals surface area contributed by atoms with Gasteiger partial charge >= 0.3 is 0 Å². The molecule has 2 aliphatic heterocycles. The average molecular weight is 508 g/mol. The molecule has 12 nitrogen and oxygen atoms in total. The highest BCUT2D eigenvalue weighted by molar-refractivity contribution is 6.23. The van der Waals surface area contributed by atoms with Gasteiger partial charge in [0.2, 0.25) is 11.8 Å². The SMILES string of the molecule is CNCCOCCOCCOCCOCCOc1ccc2c(c1)C(=O)N(C1CCC(=O)NC1=O)C2=O. The molecule has 1 atom stereocenters. The van der Waals surface area contributed by atoms with E-state index in [-0.39, 0.29) is 30.6 Å². The van der Waals surface area contributed by atoms with Gasteiger partial charge in [-0.05, 0) is 31.7 Å². The maximum absolute atomic E-state index is 12.8. The van der Waals surface area contributed by atoms with Crippen molar-refractivity contribution in [2.24, 2.45) is 0 Å². The fraction of sp³-hybridized carbons (Fsp3) is 0.583. The van der Waals surface area contributed by atoms with Crippen LogP contribution in [0.15, 0.2) is 18.2 Å². The number of nitrogens with one attached hydrogen (secondary N) is 2. The van der Waals surface area contributed by atoms with E-state index in [2.05, 4.69) is 10.6 Å². The van der Waals surface area contributed by atoms with Crippen molar-refractivity contribution in [2.45, 2.75) is 18.9 Å². The van der Waals surface area contributed by atoms with Crippen molar-refractivity contribution < 1.29 is 42.9 Å². The fourth-order valence-corrected chi connectivity index (χ4v) is 3.69. The first-order valence-electron chi connectivity index (χ1n) is 12.0. The fourth-order valence-electron chi connectivity index (χ4n) is 3.69. The Bertz CT molecular complexity index is 924. The van der Waals surface area contributed by atoms with Crippen molar-refractivity contribution in [1.29, 1.82) is 0 Å². The predicted molar refractivity (Wildman–Crippen MR) is 126 cm³/mol. The van der Waals surface area contributed by atoms with E-state index in [1.54, 1.807) is 6.07 Å². The molecule has 12 heteroatoms. The van der Waals surface area contributed by atoms with E-state index in [9.17, 15) is 19.2 Å². The van der Waals surface area contributed by atoms with Gasteiger partial charge in [-0.25, -0.2) is 0 Å². The minimum atomic E-state index is -0.996. The number of carbonyl (C=O) groups excluding carboxylic acids is 4. The zero-order chi connectivity index (χ0) is 25.8. The number of piperidine rings is 1. The number of amides is 4. The summed E-state index contributed by atoms with van der Waals surface area (Å²) in [6, 6.07) is 3.58. The number of rotatable bonds is 17. The minimum Gasteiger partial charge on any atom is -0.491 e. The van der Waals surface area contributed by atoms with Crippen LogP contribution in [0.3, 0.4) is 0 Å². The molecule has 198 valence electrons. The van der Waals surface area contributed by atoms with E-state index in [1.165, 1.54) is 12.1 Å². The first-order chi connectivity index (χ1) is 17.5. The summed E-state index contributed by atoms with van der Waals surface area (Å²) in [5, 5.41) is 5.17. The van der Waals surface area contributed by atoms with Gasteiger partial charge in [-0.2, -0.15) is 0 Å². The number of imide groups is 2. The van der Waals surface area contributed by atoms with Crippen LogP contribution in [0, 0.1) is 0 Å². The molecule has 1 saturated heterocycles. The third kappa shape index (κ3) is 7.80. The van der Waals surface area contributed by atoms with Crippen LogP contribution in [0.25, 0.3) is 0 Å². The minimum absolute atomic E-state index is 0.0733. The second kappa shape index (κ2) is 14.6. The average Bonchev–Trinajstić information content (AvgIpc) is 3.11. The van der Waals surface area contributed by atoms with E-state index in [0.717, 1.165) is 11.4 Å². The summed E-state index contributed by atoms with van der Waals surface area (Å²) in [6.45, 7) is 4.88. The molecule has 36 heavy (non-hydrogen) atoms. The second-order valence-corrected chi connectivity index (χ2v) is 8.06. The van der Waals surface area contributed by atoms with E-state index >= 15 is 0 Å². The van der Waals surface area contributed by atoms with Crippen molar-refractivity contribution in [1.82, 2.24) is 15.5 Å². The van der Waals surface area contributed by atoms with Crippen molar-refractivity contribution >= 4 is 23.6 Å². The van der Waals surface area contributed by atoms with Crippen molar-refractivity contribution in [3.05, 3.63) is 29.3 Å². The quantitative estimate of drug-likeness (QED) is 0.214. The zero-order valence-electron chi connectivity index (χ0n) is 20.4. The lowest BCUT2D eigenvalue weighted by molar-refractivity contribution is -0.136. The van der Waals surface area contributed by atoms with Gasteiger partial charge in [0.25, 0.3) is 11.8 Å². The number of likely N-dealkylation sites (N-methyl/N-ethyl adjacent to an activating group) is 1. The number of hydrogen-bond acceptors (Lipinski definition) is 10. The van der Waals surface area contributed by atoms with E-state index in [4.69, 9.17) is 23.7 Å². The molecule has 2 N–H and O–H groups in total. The van der Waals surface area contributed by atoms with Gasteiger partial charge < -0.3 is 29.0 Å². The Hall–Kier alpha value is -2.90. The highest BCUT2D eigenvalue weighted by Gasteiger charge is 2.44. The number of nitrogens with zero attached hydrogens (tertiary/aromatic N) is 1. The molecule has 4 amide bonds. The Morgan fingerprint density at radius 3 is 2.03 bits per heavy atom. The maximum atomic E-state index is 12.8. The molecule has 0 bridgehead atoms. The van der Waals surface area contributed by atoms with Crippen LogP contribution in [0.2, 0.25) is 0 Å². The second-order valence-electron chi connectivity index (χ2n) is 8.06. The molecule has 3 rings (SSSR count). The van der Waals surface area contributed by atoms with Crippen LogP contribution < -0.4 is 15.4 Å². The van der Waals surface area contributed by atoms with Crippen molar-refractivity contribution in [2.75, 3.05) is 73.1 Å². The molecule has 2 heterocycles. The summed E-state index contributed by atoms with van der Waals surface area (Å²) >= 11 is 0. The Balaban J connectivity index is 1.28. The topological polar surface area (TPSA) is 142 Å². The molecule has 1 fully saturated rings. The molecule has 0 saturated carbocycles. The van der Waals surface area contributed by atoms with Gasteiger partial charge in [0.15, 0.2) is 0 Å². The number of fused-ring (bicyclic) bond motifs is 1. The van der Waals surface area contributed by atoms with Gasteiger partial charge in [0.05, 0.1) is 64.0 Å². The standard InChI is InChI=1S/C24H33N3O9/c1-25-6-7-32-8-9-33-10-11-34-12-13-35-14-15-36-17-2-3-18-19(16-17)24(31)27(23(18)30)20-4-5-21(28)26-22(20)29/h2-3,16,20,25H,4-15H2,1H3,(H,26,28,29). The lowest BCUT2D eigenvalue weighted by Crippen LogP contribution is -2.54. The predicted octanol–water partition coefficient (Wildman–Crippen LogP) is -0.248. The summed E-state index contributed by atoms with van der Waals surface area (Å²) in [5.74, 6) is -1.77. The molecule has 1 unspecified atom stereocenters. The molecular weight excluding hydrogens is 474 g/mol.